The predicted molar refractivity (Wildman–Crippen MR) is 169 cm³/mol. The Morgan fingerprint density at radius 3 is 2.81 bits per heavy atom. The van der Waals surface area contributed by atoms with Crippen LogP contribution in [0.5, 0.6) is 0 Å². The van der Waals surface area contributed by atoms with E-state index in [-0.39, 0.29) is 34.7 Å². The van der Waals surface area contributed by atoms with Gasteiger partial charge < -0.3 is 10.2 Å². The highest BCUT2D eigenvalue weighted by atomic mass is 32.2. The molecular weight excluding hydrogens is 577 g/mol. The van der Waals surface area contributed by atoms with Gasteiger partial charge in [0.25, 0.3) is 0 Å². The molecule has 7 atom stereocenters. The molecule has 222 valence electrons. The molecule has 4 aromatic rings. The summed E-state index contributed by atoms with van der Waals surface area (Å²) in [5.74, 6) is 1.39. The number of carbonyl (C=O) groups is 1. The summed E-state index contributed by atoms with van der Waals surface area (Å²) in [5.41, 5.74) is 2.30. The first-order chi connectivity index (χ1) is 20.7. The van der Waals surface area contributed by atoms with Crippen LogP contribution in [0.3, 0.4) is 0 Å². The average molecular weight is 613 g/mol. The fourth-order valence-corrected chi connectivity index (χ4v) is 11.5. The number of allylic oxidation sites excluding steroid dienone is 1. The Kier molecular flexibility index (Phi) is 6.33. The van der Waals surface area contributed by atoms with Crippen molar-refractivity contribution in [2.45, 2.75) is 68.4 Å². The second kappa shape index (κ2) is 9.83. The molecule has 0 amide bonds. The number of fused-ring (bicyclic) bond motifs is 7. The number of hydrogen-bond donors (Lipinski definition) is 2. The molecule has 0 radical (unpaired) electrons. The number of rotatable bonds is 5. The van der Waals surface area contributed by atoms with E-state index < -0.39 is 17.1 Å². The van der Waals surface area contributed by atoms with Crippen LogP contribution in [0.2, 0.25) is 0 Å². The molecule has 9 heteroatoms. The van der Waals surface area contributed by atoms with Gasteiger partial charge in [-0.15, -0.1) is 11.3 Å². The summed E-state index contributed by atoms with van der Waals surface area (Å²) >= 11 is 3.01. The summed E-state index contributed by atoms with van der Waals surface area (Å²) in [6.45, 7) is 4.40. The lowest BCUT2D eigenvalue weighted by molar-refractivity contribution is -0.177. The number of thiazole rings is 1. The lowest BCUT2D eigenvalue weighted by atomic mass is 9.45. The Bertz CT molecular complexity index is 1730. The molecule has 5 unspecified atom stereocenters. The van der Waals surface area contributed by atoms with E-state index in [2.05, 4.69) is 29.9 Å². The van der Waals surface area contributed by atoms with Gasteiger partial charge in [0.05, 0.1) is 34.0 Å². The average Bonchev–Trinajstić information content (AvgIpc) is 3.68. The molecule has 0 spiro atoms. The van der Waals surface area contributed by atoms with Crippen LogP contribution in [0, 0.1) is 28.6 Å². The number of aliphatic hydroxyl groups is 2. The Hall–Kier alpha value is -2.85. The number of para-hydroxylation sites is 1. The van der Waals surface area contributed by atoms with Gasteiger partial charge in [0.1, 0.15) is 5.60 Å². The number of ketones is 1. The second-order valence-corrected chi connectivity index (χ2v) is 15.8. The summed E-state index contributed by atoms with van der Waals surface area (Å²) in [6.07, 6.45) is 9.90. The summed E-state index contributed by atoms with van der Waals surface area (Å²) in [6, 6.07) is 13.9. The van der Waals surface area contributed by atoms with Gasteiger partial charge in [0.15, 0.2) is 15.9 Å². The third-order valence-electron chi connectivity index (χ3n) is 11.5. The molecule has 0 saturated heterocycles. The van der Waals surface area contributed by atoms with Crippen molar-refractivity contribution < 1.29 is 15.0 Å². The largest absolute Gasteiger partial charge is 0.393 e. The molecule has 4 aliphatic carbocycles. The maximum atomic E-state index is 13.8. The van der Waals surface area contributed by atoms with Crippen molar-refractivity contribution in [2.75, 3.05) is 5.75 Å². The number of hydrogen-bond acceptors (Lipinski definition) is 8. The van der Waals surface area contributed by atoms with Crippen LogP contribution in [0.25, 0.3) is 22.1 Å². The Morgan fingerprint density at radius 1 is 1.16 bits per heavy atom. The van der Waals surface area contributed by atoms with E-state index in [1.807, 2.05) is 53.3 Å². The fourth-order valence-electron chi connectivity index (χ4n) is 9.47. The van der Waals surface area contributed by atoms with Crippen molar-refractivity contribution >= 4 is 45.2 Å². The van der Waals surface area contributed by atoms with Crippen molar-refractivity contribution in [3.05, 3.63) is 71.7 Å². The standard InChI is InChI=1S/C34H36N4O3S2/c1-32-16-20-18-36-38(29-9-5-6-14-35-29)25(20)15-21(32)10-11-22-23-12-13-34(41,33(23,2)17-26(39)30(22)32)28(40)19-42-31-37-24-7-3-4-8-27(24)43-31/h3-9,14-15,18,22-23,26,30,39,41H,10-13,16-17,19H2,1-2H3/t22?,23?,26-,30?,32?,33?,34-/m0/s1. The van der Waals surface area contributed by atoms with Gasteiger partial charge in [-0.3, -0.25) is 4.79 Å². The van der Waals surface area contributed by atoms with E-state index in [0.717, 1.165) is 51.8 Å². The van der Waals surface area contributed by atoms with E-state index >= 15 is 0 Å². The van der Waals surface area contributed by atoms with E-state index in [9.17, 15) is 15.0 Å². The van der Waals surface area contributed by atoms with Crippen LogP contribution in [0.1, 0.15) is 57.2 Å². The first-order valence-corrected chi connectivity index (χ1v) is 17.1. The van der Waals surface area contributed by atoms with Gasteiger partial charge >= 0.3 is 0 Å². The first-order valence-electron chi connectivity index (χ1n) is 15.3. The molecule has 3 aromatic heterocycles. The molecule has 8 rings (SSSR count). The monoisotopic (exact) mass is 612 g/mol. The number of thioether (sulfide) groups is 1. The zero-order chi connectivity index (χ0) is 29.6. The molecule has 2 N–H and O–H groups in total. The van der Waals surface area contributed by atoms with Gasteiger partial charge in [0, 0.05) is 11.6 Å². The summed E-state index contributed by atoms with van der Waals surface area (Å²) < 4.78 is 3.88. The molecule has 0 bridgehead atoms. The van der Waals surface area contributed by atoms with Crippen molar-refractivity contribution in [2.24, 2.45) is 28.6 Å². The van der Waals surface area contributed by atoms with Crippen molar-refractivity contribution in [3.63, 3.8) is 0 Å². The Morgan fingerprint density at radius 2 is 2.00 bits per heavy atom. The van der Waals surface area contributed by atoms with Crippen LogP contribution in [0.4, 0.5) is 0 Å². The zero-order valence-corrected chi connectivity index (χ0v) is 26.1. The minimum absolute atomic E-state index is 0.0755. The minimum Gasteiger partial charge on any atom is -0.393 e. The molecular formula is C34H36N4O3S2. The summed E-state index contributed by atoms with van der Waals surface area (Å²) in [5, 5.41) is 28.8. The zero-order valence-electron chi connectivity index (χ0n) is 24.4. The van der Waals surface area contributed by atoms with E-state index in [0.29, 0.717) is 12.8 Å². The smallest absolute Gasteiger partial charge is 0.175 e. The third kappa shape index (κ3) is 4.01. The fraction of sp³-hybridized carbons (Fsp3) is 0.471. The third-order valence-corrected chi connectivity index (χ3v) is 13.7. The predicted octanol–water partition coefficient (Wildman–Crippen LogP) is 6.12. The summed E-state index contributed by atoms with van der Waals surface area (Å²) in [4.78, 5) is 23.0. The van der Waals surface area contributed by atoms with Crippen molar-refractivity contribution in [1.82, 2.24) is 19.7 Å². The van der Waals surface area contributed by atoms with E-state index in [1.165, 1.54) is 22.9 Å². The topological polar surface area (TPSA) is 101 Å². The van der Waals surface area contributed by atoms with Gasteiger partial charge in [-0.25, -0.2) is 14.6 Å². The number of nitrogens with zero attached hydrogens (tertiary/aromatic N) is 4. The van der Waals surface area contributed by atoms with Gasteiger partial charge in [-0.05, 0) is 97.6 Å². The van der Waals surface area contributed by atoms with Crippen LogP contribution in [-0.4, -0.2) is 53.2 Å². The van der Waals surface area contributed by atoms with E-state index in [1.54, 1.807) is 17.5 Å². The quantitative estimate of drug-likeness (QED) is 0.262. The molecule has 0 aliphatic heterocycles. The van der Waals surface area contributed by atoms with Crippen LogP contribution in [-0.2, 0) is 11.2 Å². The van der Waals surface area contributed by atoms with Gasteiger partial charge in [0.2, 0.25) is 0 Å². The lowest BCUT2D eigenvalue weighted by Crippen LogP contribution is -2.62. The van der Waals surface area contributed by atoms with Crippen molar-refractivity contribution in [1.29, 1.82) is 0 Å². The number of aromatic nitrogens is 4. The number of benzene rings is 1. The highest BCUT2D eigenvalue weighted by Crippen LogP contribution is 2.67. The number of Topliss-reactive ketones (excluding diaryl/α,β-unsaturated/α-hetero) is 1. The Labute approximate surface area is 259 Å². The first kappa shape index (κ1) is 27.7. The Balaban J connectivity index is 1.05. The number of carbonyl (C=O) groups excluding carboxylic acids is 1. The van der Waals surface area contributed by atoms with Gasteiger partial charge in [-0.2, -0.15) is 5.10 Å². The van der Waals surface area contributed by atoms with E-state index in [4.69, 9.17) is 5.10 Å². The maximum Gasteiger partial charge on any atom is 0.175 e. The molecule has 3 fully saturated rings. The van der Waals surface area contributed by atoms with Crippen LogP contribution >= 0.6 is 23.1 Å². The van der Waals surface area contributed by atoms with Crippen LogP contribution < -0.4 is 0 Å². The molecule has 1 aromatic carbocycles. The maximum absolute atomic E-state index is 13.8. The molecule has 3 saturated carbocycles. The molecule has 4 aliphatic rings. The highest BCUT2D eigenvalue weighted by molar-refractivity contribution is 8.01. The summed E-state index contributed by atoms with van der Waals surface area (Å²) in [7, 11) is 0. The van der Waals surface area contributed by atoms with Crippen LogP contribution in [0.15, 0.2) is 64.8 Å². The lowest BCUT2D eigenvalue weighted by Gasteiger charge is -2.60. The van der Waals surface area contributed by atoms with Crippen molar-refractivity contribution in [3.8, 4) is 5.82 Å². The SMILES string of the molecule is CC12Cc3cnn(-c4ccccn4)c3C=C1CCC1C2[C@@H](O)CC2(C)C1CC[C@]2(O)C(=O)CSc1nc2ccccc2s1. The molecule has 3 heterocycles. The number of aliphatic hydroxyl groups excluding tert-OH is 1. The molecule has 7 nitrogen and oxygen atoms in total. The number of pyridine rings is 1. The normalized spacial score (nSPS) is 34.7. The highest BCUT2D eigenvalue weighted by Gasteiger charge is 2.68. The minimum atomic E-state index is -1.44. The molecule has 43 heavy (non-hydrogen) atoms. The van der Waals surface area contributed by atoms with Gasteiger partial charge in [-0.1, -0.05) is 49.4 Å². The second-order valence-electron chi connectivity index (χ2n) is 13.5.